The summed E-state index contributed by atoms with van der Waals surface area (Å²) >= 11 is 12.5. The smallest absolute Gasteiger partial charge is 0.210 e. The number of halogens is 2. The first-order valence-electron chi connectivity index (χ1n) is 11.1. The number of fused-ring (bicyclic) bond motifs is 1. The fraction of sp³-hybridized carbons (Fsp3) is 0.333. The van der Waals surface area contributed by atoms with E-state index in [2.05, 4.69) is 39.2 Å². The maximum absolute atomic E-state index is 6.36. The predicted octanol–water partition coefficient (Wildman–Crippen LogP) is 5.44. The maximum atomic E-state index is 6.36. The van der Waals surface area contributed by atoms with Gasteiger partial charge in [0.2, 0.25) is 5.95 Å². The van der Waals surface area contributed by atoms with E-state index in [4.69, 9.17) is 28.2 Å². The Labute approximate surface area is 202 Å². The lowest BCUT2D eigenvalue weighted by molar-refractivity contribution is 0.211. The van der Waals surface area contributed by atoms with E-state index in [-0.39, 0.29) is 0 Å². The van der Waals surface area contributed by atoms with Gasteiger partial charge in [0.1, 0.15) is 6.33 Å². The van der Waals surface area contributed by atoms with Crippen molar-refractivity contribution in [2.75, 3.05) is 18.4 Å². The molecule has 0 unspecified atom stereocenters. The minimum atomic E-state index is 0.470. The number of aromatic nitrogens is 5. The Morgan fingerprint density at radius 1 is 1.09 bits per heavy atom. The van der Waals surface area contributed by atoms with Gasteiger partial charge in [-0.2, -0.15) is 0 Å². The molecule has 0 saturated carbocycles. The zero-order chi connectivity index (χ0) is 22.9. The third-order valence-electron chi connectivity index (χ3n) is 6.20. The first kappa shape index (κ1) is 22.1. The van der Waals surface area contributed by atoms with E-state index in [1.54, 1.807) is 24.8 Å². The quantitative estimate of drug-likeness (QED) is 0.395. The second-order valence-electron chi connectivity index (χ2n) is 8.56. The van der Waals surface area contributed by atoms with Crippen molar-refractivity contribution in [2.45, 2.75) is 38.8 Å². The molecule has 5 rings (SSSR count). The summed E-state index contributed by atoms with van der Waals surface area (Å²) in [6.45, 7) is 6.45. The highest BCUT2D eigenvalue weighted by Gasteiger charge is 2.27. The van der Waals surface area contributed by atoms with Crippen molar-refractivity contribution in [1.29, 1.82) is 0 Å². The highest BCUT2D eigenvalue weighted by Crippen LogP contribution is 2.37. The zero-order valence-corrected chi connectivity index (χ0v) is 20.1. The average molecular weight is 482 g/mol. The molecule has 1 atom stereocenters. The molecule has 1 aliphatic rings. The molecule has 170 valence electrons. The van der Waals surface area contributed by atoms with Crippen molar-refractivity contribution in [3.8, 4) is 22.4 Å². The van der Waals surface area contributed by atoms with Crippen LogP contribution in [0.2, 0.25) is 10.0 Å². The molecule has 7 nitrogen and oxygen atoms in total. The first-order valence-corrected chi connectivity index (χ1v) is 11.9. The summed E-state index contributed by atoms with van der Waals surface area (Å²) in [4.78, 5) is 11.8. The Bertz CT molecular complexity index is 1270. The SMILES string of the molecule is CC(C)N1CCC[C@H]1CNc1nc(-c2ccncc2)c(-c2ccc(Cl)c(Cl)c2)c2nncn12. The van der Waals surface area contributed by atoms with Gasteiger partial charge in [-0.05, 0) is 63.1 Å². The van der Waals surface area contributed by atoms with Gasteiger partial charge in [-0.1, -0.05) is 29.3 Å². The van der Waals surface area contributed by atoms with E-state index in [1.165, 1.54) is 12.8 Å². The number of benzene rings is 1. The van der Waals surface area contributed by atoms with Crippen LogP contribution in [0, 0.1) is 0 Å². The molecule has 1 fully saturated rings. The fourth-order valence-electron chi connectivity index (χ4n) is 4.61. The largest absolute Gasteiger partial charge is 0.354 e. The summed E-state index contributed by atoms with van der Waals surface area (Å²) in [6, 6.07) is 10.4. The third-order valence-corrected chi connectivity index (χ3v) is 6.94. The van der Waals surface area contributed by atoms with Crippen LogP contribution in [0.5, 0.6) is 0 Å². The normalized spacial score (nSPS) is 16.7. The molecule has 0 spiro atoms. The minimum absolute atomic E-state index is 0.470. The van der Waals surface area contributed by atoms with Crippen LogP contribution in [0.15, 0.2) is 49.1 Å². The highest BCUT2D eigenvalue weighted by molar-refractivity contribution is 6.42. The molecule has 1 N–H and O–H groups in total. The molecule has 33 heavy (non-hydrogen) atoms. The van der Waals surface area contributed by atoms with Crippen LogP contribution in [-0.4, -0.2) is 54.6 Å². The van der Waals surface area contributed by atoms with E-state index in [9.17, 15) is 0 Å². The van der Waals surface area contributed by atoms with Crippen LogP contribution in [-0.2, 0) is 0 Å². The van der Waals surface area contributed by atoms with Crippen LogP contribution >= 0.6 is 23.2 Å². The molecule has 9 heteroatoms. The summed E-state index contributed by atoms with van der Waals surface area (Å²) < 4.78 is 1.90. The number of likely N-dealkylation sites (tertiary alicyclic amines) is 1. The molecule has 0 radical (unpaired) electrons. The van der Waals surface area contributed by atoms with Gasteiger partial charge in [-0.15, -0.1) is 10.2 Å². The van der Waals surface area contributed by atoms with Gasteiger partial charge in [-0.3, -0.25) is 14.3 Å². The Kier molecular flexibility index (Phi) is 6.19. The first-order chi connectivity index (χ1) is 16.0. The van der Waals surface area contributed by atoms with Gasteiger partial charge in [0.15, 0.2) is 5.65 Å². The van der Waals surface area contributed by atoms with Crippen LogP contribution < -0.4 is 5.32 Å². The van der Waals surface area contributed by atoms with Gasteiger partial charge < -0.3 is 5.32 Å². The highest BCUT2D eigenvalue weighted by atomic mass is 35.5. The van der Waals surface area contributed by atoms with E-state index < -0.39 is 0 Å². The van der Waals surface area contributed by atoms with Crippen molar-refractivity contribution in [3.63, 3.8) is 0 Å². The van der Waals surface area contributed by atoms with Gasteiger partial charge in [0.05, 0.1) is 21.3 Å². The van der Waals surface area contributed by atoms with Crippen LogP contribution in [0.25, 0.3) is 28.0 Å². The molecule has 0 bridgehead atoms. The predicted molar refractivity (Wildman–Crippen MR) is 133 cm³/mol. The third kappa shape index (κ3) is 4.28. The molecule has 1 aromatic carbocycles. The van der Waals surface area contributed by atoms with E-state index in [0.29, 0.717) is 33.7 Å². The molecule has 0 amide bonds. The number of pyridine rings is 1. The summed E-state index contributed by atoms with van der Waals surface area (Å²) in [5, 5.41) is 13.2. The number of hydrogen-bond donors (Lipinski definition) is 1. The molecular formula is C24H25Cl2N7. The number of hydrogen-bond acceptors (Lipinski definition) is 6. The Hall–Kier alpha value is -2.74. The molecule has 1 aliphatic heterocycles. The van der Waals surface area contributed by atoms with Crippen LogP contribution in [0.3, 0.4) is 0 Å². The van der Waals surface area contributed by atoms with Crippen molar-refractivity contribution in [1.82, 2.24) is 29.5 Å². The average Bonchev–Trinajstić information content (AvgIpc) is 3.49. The van der Waals surface area contributed by atoms with Crippen molar-refractivity contribution < 1.29 is 0 Å². The van der Waals surface area contributed by atoms with Gasteiger partial charge in [-0.25, -0.2) is 4.98 Å². The standard InChI is InChI=1S/C24H25Cl2N7/c1-15(2)32-11-3-4-18(32)13-28-24-30-22(16-7-9-27-10-8-16)21(23-31-29-14-33(23)24)17-5-6-19(25)20(26)12-17/h5-10,12,14-15,18H,3-4,11,13H2,1-2H3,(H,28,30)/t18-/m0/s1. The summed E-state index contributed by atoms with van der Waals surface area (Å²) in [5.41, 5.74) is 4.13. The Morgan fingerprint density at radius 2 is 1.91 bits per heavy atom. The lowest BCUT2D eigenvalue weighted by atomic mass is 10.0. The monoisotopic (exact) mass is 481 g/mol. The number of anilines is 1. The molecule has 0 aliphatic carbocycles. The van der Waals surface area contributed by atoms with Gasteiger partial charge in [0.25, 0.3) is 0 Å². The number of rotatable bonds is 6. The Morgan fingerprint density at radius 3 is 2.67 bits per heavy atom. The summed E-state index contributed by atoms with van der Waals surface area (Å²) in [6.07, 6.45) is 7.61. The molecular weight excluding hydrogens is 457 g/mol. The van der Waals surface area contributed by atoms with E-state index in [1.807, 2.05) is 28.7 Å². The second-order valence-corrected chi connectivity index (χ2v) is 9.37. The molecule has 4 heterocycles. The molecule has 1 saturated heterocycles. The fourth-order valence-corrected chi connectivity index (χ4v) is 4.91. The number of nitrogens with one attached hydrogen (secondary N) is 1. The minimum Gasteiger partial charge on any atom is -0.354 e. The van der Waals surface area contributed by atoms with E-state index in [0.717, 1.165) is 35.5 Å². The second kappa shape index (κ2) is 9.25. The lowest BCUT2D eigenvalue weighted by Crippen LogP contribution is -2.39. The summed E-state index contributed by atoms with van der Waals surface area (Å²) in [7, 11) is 0. The van der Waals surface area contributed by atoms with Crippen molar-refractivity contribution in [3.05, 3.63) is 59.1 Å². The van der Waals surface area contributed by atoms with Crippen molar-refractivity contribution >= 4 is 34.8 Å². The van der Waals surface area contributed by atoms with Gasteiger partial charge >= 0.3 is 0 Å². The lowest BCUT2D eigenvalue weighted by Gasteiger charge is -2.28. The topological polar surface area (TPSA) is 71.2 Å². The zero-order valence-electron chi connectivity index (χ0n) is 18.5. The Balaban J connectivity index is 1.62. The molecule has 3 aromatic heterocycles. The molecule has 4 aromatic rings. The van der Waals surface area contributed by atoms with Crippen LogP contribution in [0.4, 0.5) is 5.95 Å². The number of nitrogens with zero attached hydrogens (tertiary/aromatic N) is 6. The van der Waals surface area contributed by atoms with E-state index >= 15 is 0 Å². The van der Waals surface area contributed by atoms with Crippen molar-refractivity contribution in [2.24, 2.45) is 0 Å². The summed E-state index contributed by atoms with van der Waals surface area (Å²) in [5.74, 6) is 0.709. The van der Waals surface area contributed by atoms with Gasteiger partial charge in [0, 0.05) is 36.6 Å². The maximum Gasteiger partial charge on any atom is 0.210 e. The van der Waals surface area contributed by atoms with Crippen LogP contribution in [0.1, 0.15) is 26.7 Å².